The number of ether oxygens (including phenoxy) is 4. The predicted octanol–water partition coefficient (Wildman–Crippen LogP) is 3.52. The molecular formula is C34H49BFNO8. The molecule has 2 aliphatic heterocycles. The van der Waals surface area contributed by atoms with Crippen LogP contribution in [0.1, 0.15) is 71.8 Å². The molecule has 8 atom stereocenters. The van der Waals surface area contributed by atoms with Crippen molar-refractivity contribution in [2.45, 2.75) is 85.0 Å². The summed E-state index contributed by atoms with van der Waals surface area (Å²) in [5.41, 5.74) is -0.784. The molecule has 0 aromatic heterocycles. The molecule has 5 aliphatic rings. The van der Waals surface area contributed by atoms with Gasteiger partial charge in [-0.3, -0.25) is 9.69 Å². The van der Waals surface area contributed by atoms with Gasteiger partial charge >= 0.3 is 13.1 Å². The van der Waals surface area contributed by atoms with Crippen LogP contribution in [0.4, 0.5) is 4.39 Å². The van der Waals surface area contributed by atoms with Gasteiger partial charge in [-0.25, -0.2) is 9.18 Å². The molecule has 1 aromatic rings. The highest BCUT2D eigenvalue weighted by Crippen LogP contribution is 2.69. The summed E-state index contributed by atoms with van der Waals surface area (Å²) in [4.78, 5) is 30.7. The van der Waals surface area contributed by atoms with Crippen LogP contribution in [0, 0.1) is 39.8 Å². The Morgan fingerprint density at radius 3 is 2.64 bits per heavy atom. The number of carbonyl (C=O) groups excluding carboxylic acids is 2. The number of benzene rings is 1. The lowest BCUT2D eigenvalue weighted by atomic mass is 9.43. The molecule has 248 valence electrons. The molecule has 0 radical (unpaired) electrons. The predicted molar refractivity (Wildman–Crippen MR) is 165 cm³/mol. The van der Waals surface area contributed by atoms with Crippen molar-refractivity contribution in [1.29, 1.82) is 0 Å². The van der Waals surface area contributed by atoms with Crippen LogP contribution >= 0.6 is 0 Å². The van der Waals surface area contributed by atoms with Gasteiger partial charge in [0.25, 0.3) is 0 Å². The molecule has 45 heavy (non-hydrogen) atoms. The number of Topliss-reactive ketones (excluding diaryl/α,β-unsaturated/α-hetero) is 1. The second-order valence-corrected chi connectivity index (χ2v) is 14.8. The topological polar surface area (TPSA) is 104 Å². The van der Waals surface area contributed by atoms with Crippen molar-refractivity contribution < 1.29 is 42.6 Å². The van der Waals surface area contributed by atoms with Crippen LogP contribution in [0.5, 0.6) is 5.75 Å². The van der Waals surface area contributed by atoms with Crippen LogP contribution in [-0.2, 0) is 35.1 Å². The van der Waals surface area contributed by atoms with Crippen molar-refractivity contribution in [2.75, 3.05) is 46.6 Å². The van der Waals surface area contributed by atoms with Gasteiger partial charge in [0.2, 0.25) is 0 Å². The Morgan fingerprint density at radius 1 is 1.18 bits per heavy atom. The SMILES string of the molecule is CO[C@@H]1CC[C@@]23CC[C@H](C)[C@@](C)([C@H](OC(=O)COc4ccc5c(c4F)B(O)OC5)C[C@@](C)(CCN4CCOCC4)C(=O)[C@@H]2C)[C@@H]13. The average molecular weight is 630 g/mol. The van der Waals surface area contributed by atoms with Gasteiger partial charge in [-0.05, 0) is 68.0 Å². The first-order valence-electron chi connectivity index (χ1n) is 16.7. The molecule has 9 nitrogen and oxygen atoms in total. The average Bonchev–Trinajstić information content (AvgIpc) is 3.62. The zero-order valence-electron chi connectivity index (χ0n) is 27.4. The molecule has 2 bridgehead atoms. The molecule has 0 amide bonds. The zero-order chi connectivity index (χ0) is 32.1. The Balaban J connectivity index is 1.30. The van der Waals surface area contributed by atoms with E-state index in [2.05, 4.69) is 32.6 Å². The summed E-state index contributed by atoms with van der Waals surface area (Å²) in [5, 5.41) is 10.0. The summed E-state index contributed by atoms with van der Waals surface area (Å²) in [7, 11) is 0.390. The van der Waals surface area contributed by atoms with Gasteiger partial charge in [0.1, 0.15) is 11.9 Å². The van der Waals surface area contributed by atoms with E-state index in [1.165, 1.54) is 6.07 Å². The Hall–Kier alpha value is -2.05. The summed E-state index contributed by atoms with van der Waals surface area (Å²) in [6.07, 6.45) is 4.19. The van der Waals surface area contributed by atoms with E-state index in [-0.39, 0.29) is 52.9 Å². The molecule has 2 heterocycles. The minimum atomic E-state index is -1.37. The number of morpholine rings is 1. The zero-order valence-corrected chi connectivity index (χ0v) is 27.4. The first-order valence-corrected chi connectivity index (χ1v) is 16.7. The summed E-state index contributed by atoms with van der Waals surface area (Å²) >= 11 is 0. The van der Waals surface area contributed by atoms with Crippen molar-refractivity contribution in [3.63, 3.8) is 0 Å². The molecule has 1 aromatic carbocycles. The fourth-order valence-corrected chi connectivity index (χ4v) is 9.82. The molecule has 3 aliphatic carbocycles. The molecule has 0 spiro atoms. The molecule has 0 unspecified atom stereocenters. The van der Waals surface area contributed by atoms with E-state index in [1.54, 1.807) is 13.2 Å². The summed E-state index contributed by atoms with van der Waals surface area (Å²) in [6.45, 7) is 12.2. The summed E-state index contributed by atoms with van der Waals surface area (Å²) in [5.74, 6) is -1.08. The number of halogens is 1. The van der Waals surface area contributed by atoms with Gasteiger partial charge in [-0.2, -0.15) is 0 Å². The number of methoxy groups -OCH3 is 1. The van der Waals surface area contributed by atoms with Gasteiger partial charge in [-0.1, -0.05) is 33.8 Å². The van der Waals surface area contributed by atoms with Gasteiger partial charge in [0, 0.05) is 48.3 Å². The van der Waals surface area contributed by atoms with Gasteiger partial charge < -0.3 is 28.6 Å². The molecule has 1 N–H and O–H groups in total. The Kier molecular flexibility index (Phi) is 9.15. The second-order valence-electron chi connectivity index (χ2n) is 14.8. The number of hydrogen-bond acceptors (Lipinski definition) is 9. The summed E-state index contributed by atoms with van der Waals surface area (Å²) in [6, 6.07) is 3.08. The third-order valence-electron chi connectivity index (χ3n) is 12.7. The van der Waals surface area contributed by atoms with Crippen LogP contribution in [0.25, 0.3) is 0 Å². The van der Waals surface area contributed by atoms with Gasteiger partial charge in [0.05, 0.1) is 25.9 Å². The standard InChI is InChI=1S/C34H49BFNO8/c1-21-8-10-34-11-9-25(41-5)30(34)33(21,4)26(18-32(3,31(39)22(34)2)12-13-37-14-16-42-17-15-37)45-27(38)20-43-24-7-6-23-19-44-35(40)28(23)29(24)36/h6-7,21-22,25-26,30,40H,8-20H2,1-5H3/t21-,22-,25+,26+,30+,32+,33-,34-/m0/s1. The van der Waals surface area contributed by atoms with Crippen molar-refractivity contribution in [3.8, 4) is 5.75 Å². The van der Waals surface area contributed by atoms with E-state index < -0.39 is 42.4 Å². The van der Waals surface area contributed by atoms with E-state index in [9.17, 15) is 14.6 Å². The lowest BCUT2D eigenvalue weighted by Crippen LogP contribution is -2.63. The van der Waals surface area contributed by atoms with Crippen LogP contribution in [0.15, 0.2) is 12.1 Å². The summed E-state index contributed by atoms with van der Waals surface area (Å²) < 4.78 is 44.1. The van der Waals surface area contributed by atoms with Crippen molar-refractivity contribution in [1.82, 2.24) is 4.90 Å². The maximum Gasteiger partial charge on any atom is 0.494 e. The van der Waals surface area contributed by atoms with E-state index in [4.69, 9.17) is 23.6 Å². The molecule has 11 heteroatoms. The number of nitrogens with zero attached hydrogens (tertiary/aromatic N) is 1. The largest absolute Gasteiger partial charge is 0.494 e. The van der Waals surface area contributed by atoms with E-state index in [1.807, 2.05) is 0 Å². The maximum absolute atomic E-state index is 15.2. The lowest BCUT2D eigenvalue weighted by molar-refractivity contribution is -0.208. The minimum Gasteiger partial charge on any atom is -0.479 e. The van der Waals surface area contributed by atoms with Crippen molar-refractivity contribution in [3.05, 3.63) is 23.5 Å². The molecule has 4 fully saturated rings. The number of esters is 1. The number of ketones is 1. The van der Waals surface area contributed by atoms with E-state index in [0.717, 1.165) is 45.3 Å². The third-order valence-corrected chi connectivity index (χ3v) is 12.7. The highest BCUT2D eigenvalue weighted by atomic mass is 19.1. The molecular weight excluding hydrogens is 580 g/mol. The highest BCUT2D eigenvalue weighted by Gasteiger charge is 2.68. The van der Waals surface area contributed by atoms with Crippen molar-refractivity contribution >= 4 is 24.3 Å². The van der Waals surface area contributed by atoms with E-state index in [0.29, 0.717) is 31.6 Å². The fourth-order valence-electron chi connectivity index (χ4n) is 9.82. The number of rotatable bonds is 8. The Bertz CT molecular complexity index is 1290. The molecule has 1 saturated heterocycles. The van der Waals surface area contributed by atoms with Crippen molar-refractivity contribution in [2.24, 2.45) is 34.0 Å². The first-order chi connectivity index (χ1) is 21.4. The Morgan fingerprint density at radius 2 is 1.91 bits per heavy atom. The normalized spacial score (nSPS) is 38.3. The third kappa shape index (κ3) is 5.54. The molecule has 3 saturated carbocycles. The van der Waals surface area contributed by atoms with E-state index >= 15 is 4.39 Å². The molecule has 6 rings (SSSR count). The lowest BCUT2D eigenvalue weighted by Gasteiger charge is -2.62. The first kappa shape index (κ1) is 32.9. The van der Waals surface area contributed by atoms with Crippen LogP contribution in [0.3, 0.4) is 0 Å². The fraction of sp³-hybridized carbons (Fsp3) is 0.765. The van der Waals surface area contributed by atoms with Crippen LogP contribution in [-0.4, -0.2) is 87.6 Å². The Labute approximate surface area is 266 Å². The smallest absolute Gasteiger partial charge is 0.479 e. The monoisotopic (exact) mass is 629 g/mol. The second kappa shape index (κ2) is 12.5. The highest BCUT2D eigenvalue weighted by molar-refractivity contribution is 6.61. The number of carbonyl (C=O) groups is 2. The number of hydrogen-bond donors (Lipinski definition) is 1. The maximum atomic E-state index is 15.2. The number of fused-ring (bicyclic) bond motifs is 1. The van der Waals surface area contributed by atoms with Crippen LogP contribution < -0.4 is 10.2 Å². The minimum absolute atomic E-state index is 0.0303. The van der Waals surface area contributed by atoms with Crippen LogP contribution in [0.2, 0.25) is 0 Å². The quantitative estimate of drug-likeness (QED) is 0.342. The van der Waals surface area contributed by atoms with Gasteiger partial charge in [0.15, 0.2) is 18.2 Å². The van der Waals surface area contributed by atoms with Gasteiger partial charge in [-0.15, -0.1) is 0 Å².